The van der Waals surface area contributed by atoms with Crippen molar-refractivity contribution >= 4 is 0 Å². The molecule has 110 valence electrons. The zero-order valence-corrected chi connectivity index (χ0v) is 12.3. The monoisotopic (exact) mass is 276 g/mol. The van der Waals surface area contributed by atoms with E-state index in [1.165, 1.54) is 12.0 Å². The van der Waals surface area contributed by atoms with E-state index in [1.54, 1.807) is 0 Å². The predicted octanol–water partition coefficient (Wildman–Crippen LogP) is 2.19. The first-order chi connectivity index (χ1) is 9.65. The van der Waals surface area contributed by atoms with E-state index in [1.807, 2.05) is 6.07 Å². The average molecular weight is 276 g/mol. The number of benzene rings is 1. The number of hydrogen-bond acceptors (Lipinski definition) is 4. The van der Waals surface area contributed by atoms with Crippen LogP contribution < -0.4 is 15.2 Å². The molecule has 2 aliphatic heterocycles. The number of piperidine rings is 1. The van der Waals surface area contributed by atoms with Crippen molar-refractivity contribution in [2.45, 2.75) is 32.4 Å². The predicted molar refractivity (Wildman–Crippen MR) is 79.2 cm³/mol. The Bertz CT molecular complexity index is 478. The van der Waals surface area contributed by atoms with Crippen LogP contribution >= 0.6 is 0 Å². The van der Waals surface area contributed by atoms with Crippen LogP contribution in [0.2, 0.25) is 0 Å². The molecule has 0 aromatic heterocycles. The molecule has 3 unspecified atom stereocenters. The van der Waals surface area contributed by atoms with Gasteiger partial charge in [0.15, 0.2) is 11.5 Å². The Morgan fingerprint density at radius 1 is 1.25 bits per heavy atom. The van der Waals surface area contributed by atoms with Crippen molar-refractivity contribution in [2.75, 3.05) is 26.3 Å². The van der Waals surface area contributed by atoms with E-state index in [2.05, 4.69) is 30.9 Å². The molecular formula is C16H24N2O2. The molecule has 2 N–H and O–H groups in total. The van der Waals surface area contributed by atoms with Crippen molar-refractivity contribution in [3.05, 3.63) is 23.8 Å². The fourth-order valence-corrected chi connectivity index (χ4v) is 3.01. The van der Waals surface area contributed by atoms with E-state index in [9.17, 15) is 0 Å². The van der Waals surface area contributed by atoms with E-state index >= 15 is 0 Å². The Balaban J connectivity index is 1.75. The summed E-state index contributed by atoms with van der Waals surface area (Å²) in [6, 6.07) is 6.92. The lowest BCUT2D eigenvalue weighted by atomic mass is 9.92. The zero-order chi connectivity index (χ0) is 14.1. The molecule has 1 saturated heterocycles. The van der Waals surface area contributed by atoms with Crippen LogP contribution in [0, 0.1) is 5.92 Å². The second kappa shape index (κ2) is 5.62. The summed E-state index contributed by atoms with van der Waals surface area (Å²) in [6.07, 6.45) is 1.18. The summed E-state index contributed by atoms with van der Waals surface area (Å²) >= 11 is 0. The van der Waals surface area contributed by atoms with Crippen molar-refractivity contribution in [1.29, 1.82) is 0 Å². The quantitative estimate of drug-likeness (QED) is 0.899. The van der Waals surface area contributed by atoms with Gasteiger partial charge in [0.05, 0.1) is 0 Å². The molecule has 1 fully saturated rings. The van der Waals surface area contributed by atoms with Gasteiger partial charge in [-0.2, -0.15) is 0 Å². The molecule has 0 spiro atoms. The van der Waals surface area contributed by atoms with Crippen LogP contribution in [0.5, 0.6) is 11.5 Å². The molecule has 20 heavy (non-hydrogen) atoms. The molecule has 2 heterocycles. The Hall–Kier alpha value is -1.26. The Morgan fingerprint density at radius 3 is 2.75 bits per heavy atom. The first-order valence-corrected chi connectivity index (χ1v) is 7.54. The number of ether oxygens (including phenoxy) is 2. The van der Waals surface area contributed by atoms with Gasteiger partial charge >= 0.3 is 0 Å². The van der Waals surface area contributed by atoms with Gasteiger partial charge in [0, 0.05) is 18.6 Å². The maximum absolute atomic E-state index is 6.21. The van der Waals surface area contributed by atoms with E-state index in [0.717, 1.165) is 24.6 Å². The lowest BCUT2D eigenvalue weighted by molar-refractivity contribution is 0.127. The maximum atomic E-state index is 6.21. The summed E-state index contributed by atoms with van der Waals surface area (Å²) in [5.74, 6) is 2.35. The van der Waals surface area contributed by atoms with Gasteiger partial charge < -0.3 is 15.2 Å². The van der Waals surface area contributed by atoms with Gasteiger partial charge in [-0.25, -0.2) is 0 Å². The second-order valence-corrected chi connectivity index (χ2v) is 6.00. The van der Waals surface area contributed by atoms with Gasteiger partial charge in [0.25, 0.3) is 0 Å². The van der Waals surface area contributed by atoms with Crippen molar-refractivity contribution in [2.24, 2.45) is 11.7 Å². The Labute approximate surface area is 120 Å². The van der Waals surface area contributed by atoms with Gasteiger partial charge in [-0.3, -0.25) is 4.90 Å². The van der Waals surface area contributed by atoms with E-state index in [0.29, 0.717) is 25.2 Å². The normalized spacial score (nSPS) is 28.1. The molecule has 0 radical (unpaired) electrons. The van der Waals surface area contributed by atoms with Gasteiger partial charge in [-0.1, -0.05) is 13.0 Å². The van der Waals surface area contributed by atoms with Crippen LogP contribution in [0.4, 0.5) is 0 Å². The highest BCUT2D eigenvalue weighted by molar-refractivity contribution is 5.44. The molecule has 0 saturated carbocycles. The van der Waals surface area contributed by atoms with Crippen LogP contribution in [0.25, 0.3) is 0 Å². The van der Waals surface area contributed by atoms with E-state index in [-0.39, 0.29) is 6.04 Å². The summed E-state index contributed by atoms with van der Waals surface area (Å²) < 4.78 is 11.2. The van der Waals surface area contributed by atoms with Crippen LogP contribution in [-0.2, 0) is 0 Å². The van der Waals surface area contributed by atoms with Gasteiger partial charge in [0.2, 0.25) is 0 Å². The summed E-state index contributed by atoms with van der Waals surface area (Å²) in [5, 5.41) is 0. The van der Waals surface area contributed by atoms with Gasteiger partial charge in [0.1, 0.15) is 13.2 Å². The molecule has 3 atom stereocenters. The highest BCUT2D eigenvalue weighted by atomic mass is 16.6. The summed E-state index contributed by atoms with van der Waals surface area (Å²) in [4.78, 5) is 2.47. The fourth-order valence-electron chi connectivity index (χ4n) is 3.01. The number of nitrogens with zero attached hydrogens (tertiary/aromatic N) is 1. The highest BCUT2D eigenvalue weighted by Crippen LogP contribution is 2.34. The zero-order valence-electron chi connectivity index (χ0n) is 12.3. The first-order valence-electron chi connectivity index (χ1n) is 7.54. The maximum Gasteiger partial charge on any atom is 0.161 e. The third-order valence-electron chi connectivity index (χ3n) is 4.64. The molecule has 0 amide bonds. The lowest BCUT2D eigenvalue weighted by Crippen LogP contribution is -2.48. The average Bonchev–Trinajstić information content (AvgIpc) is 2.49. The summed E-state index contributed by atoms with van der Waals surface area (Å²) in [6.45, 7) is 7.85. The van der Waals surface area contributed by atoms with Gasteiger partial charge in [-0.05, 0) is 43.5 Å². The lowest BCUT2D eigenvalue weighted by Gasteiger charge is -2.39. The van der Waals surface area contributed by atoms with Crippen molar-refractivity contribution in [3.8, 4) is 11.5 Å². The minimum Gasteiger partial charge on any atom is -0.486 e. The SMILES string of the molecule is CC1CCN(C(C)c2ccc3c(c2)OCCO3)CC1N. The molecule has 0 bridgehead atoms. The van der Waals surface area contributed by atoms with E-state index in [4.69, 9.17) is 15.2 Å². The second-order valence-electron chi connectivity index (χ2n) is 6.00. The Kier molecular flexibility index (Phi) is 3.85. The number of rotatable bonds is 2. The fraction of sp³-hybridized carbons (Fsp3) is 0.625. The molecule has 0 aliphatic carbocycles. The van der Waals surface area contributed by atoms with E-state index < -0.39 is 0 Å². The summed E-state index contributed by atoms with van der Waals surface area (Å²) in [7, 11) is 0. The Morgan fingerprint density at radius 2 is 2.00 bits per heavy atom. The molecule has 4 heteroatoms. The van der Waals surface area contributed by atoms with Crippen LogP contribution in [-0.4, -0.2) is 37.2 Å². The third kappa shape index (κ3) is 2.63. The highest BCUT2D eigenvalue weighted by Gasteiger charge is 2.27. The smallest absolute Gasteiger partial charge is 0.161 e. The van der Waals surface area contributed by atoms with Crippen LogP contribution in [0.15, 0.2) is 18.2 Å². The van der Waals surface area contributed by atoms with Crippen molar-refractivity contribution in [3.63, 3.8) is 0 Å². The minimum atomic E-state index is 0.281. The molecule has 1 aromatic carbocycles. The van der Waals surface area contributed by atoms with Crippen LogP contribution in [0.3, 0.4) is 0 Å². The van der Waals surface area contributed by atoms with Crippen molar-refractivity contribution in [1.82, 2.24) is 4.90 Å². The standard InChI is InChI=1S/C16H24N2O2/c1-11-5-6-18(10-14(11)17)12(2)13-3-4-15-16(9-13)20-8-7-19-15/h3-4,9,11-12,14H,5-8,10,17H2,1-2H3. The van der Waals surface area contributed by atoms with Crippen molar-refractivity contribution < 1.29 is 9.47 Å². The topological polar surface area (TPSA) is 47.7 Å². The number of nitrogens with two attached hydrogens (primary N) is 1. The number of fused-ring (bicyclic) bond motifs is 1. The molecular weight excluding hydrogens is 252 g/mol. The molecule has 4 nitrogen and oxygen atoms in total. The summed E-state index contributed by atoms with van der Waals surface area (Å²) in [5.41, 5.74) is 7.48. The number of hydrogen-bond donors (Lipinski definition) is 1. The number of likely N-dealkylation sites (tertiary alicyclic amines) is 1. The largest absolute Gasteiger partial charge is 0.486 e. The minimum absolute atomic E-state index is 0.281. The van der Waals surface area contributed by atoms with Gasteiger partial charge in [-0.15, -0.1) is 0 Å². The third-order valence-corrected chi connectivity index (χ3v) is 4.64. The van der Waals surface area contributed by atoms with Crippen LogP contribution in [0.1, 0.15) is 31.9 Å². The first kappa shape index (κ1) is 13.7. The molecule has 1 aromatic rings. The molecule has 3 rings (SSSR count). The molecule has 2 aliphatic rings.